The molecule has 0 aliphatic rings. The fourth-order valence-corrected chi connectivity index (χ4v) is 2.88. The van der Waals surface area contributed by atoms with E-state index in [9.17, 15) is 18.0 Å². The predicted molar refractivity (Wildman–Crippen MR) is 107 cm³/mol. The number of para-hydroxylation sites is 1. The lowest BCUT2D eigenvalue weighted by Crippen LogP contribution is -2.21. The second kappa shape index (κ2) is 8.52. The highest BCUT2D eigenvalue weighted by Crippen LogP contribution is 2.30. The number of aryl methyl sites for hydroxylation is 3. The fourth-order valence-electron chi connectivity index (χ4n) is 2.88. The third kappa shape index (κ3) is 5.14. The molecule has 2 aromatic carbocycles. The Morgan fingerprint density at radius 3 is 2.23 bits per heavy atom. The van der Waals surface area contributed by atoms with E-state index in [1.165, 1.54) is 12.1 Å². The molecule has 3 aromatic rings. The van der Waals surface area contributed by atoms with Crippen molar-refractivity contribution in [3.63, 3.8) is 0 Å². The van der Waals surface area contributed by atoms with E-state index in [2.05, 4.69) is 15.3 Å². The van der Waals surface area contributed by atoms with E-state index in [0.29, 0.717) is 11.3 Å². The van der Waals surface area contributed by atoms with Crippen molar-refractivity contribution in [2.75, 3.05) is 11.9 Å². The number of alkyl halides is 3. The number of carbonyl (C=O) groups excluding carboxylic acids is 1. The largest absolute Gasteiger partial charge is 0.467 e. The van der Waals surface area contributed by atoms with Crippen LogP contribution in [-0.2, 0) is 11.0 Å². The van der Waals surface area contributed by atoms with Gasteiger partial charge in [-0.25, -0.2) is 4.98 Å². The number of nitrogens with one attached hydrogen (secondary N) is 1. The monoisotopic (exact) mass is 415 g/mol. The first-order valence-electron chi connectivity index (χ1n) is 9.15. The van der Waals surface area contributed by atoms with E-state index in [-0.39, 0.29) is 24.2 Å². The number of amides is 1. The van der Waals surface area contributed by atoms with Gasteiger partial charge in [0, 0.05) is 23.0 Å². The summed E-state index contributed by atoms with van der Waals surface area (Å²) >= 11 is 0. The molecule has 0 aliphatic carbocycles. The molecule has 0 radical (unpaired) electrons. The first-order valence-corrected chi connectivity index (χ1v) is 9.15. The number of carbonyl (C=O) groups is 1. The standard InChI is InChI=1S/C22H20F3N3O2/c1-13-5-4-6-14(2)20(13)27-18(29)12-30-19-11-15(3)26-21(28-19)16-7-9-17(10-8-16)22(23,24)25/h4-11H,12H2,1-3H3,(H,27,29). The number of nitrogens with zero attached hydrogens (tertiary/aromatic N) is 2. The first-order chi connectivity index (χ1) is 14.1. The van der Waals surface area contributed by atoms with Crippen LogP contribution >= 0.6 is 0 Å². The molecule has 0 unspecified atom stereocenters. The molecular formula is C22H20F3N3O2. The van der Waals surface area contributed by atoms with Gasteiger partial charge in [-0.2, -0.15) is 18.2 Å². The van der Waals surface area contributed by atoms with Crippen LogP contribution in [-0.4, -0.2) is 22.5 Å². The second-order valence-corrected chi connectivity index (χ2v) is 6.85. The van der Waals surface area contributed by atoms with Crippen LogP contribution in [0.2, 0.25) is 0 Å². The van der Waals surface area contributed by atoms with Gasteiger partial charge in [-0.3, -0.25) is 4.79 Å². The highest BCUT2D eigenvalue weighted by Gasteiger charge is 2.30. The molecule has 0 saturated heterocycles. The molecule has 3 rings (SSSR count). The molecule has 0 fully saturated rings. The molecule has 156 valence electrons. The highest BCUT2D eigenvalue weighted by molar-refractivity contribution is 5.93. The number of rotatable bonds is 5. The number of benzene rings is 2. The summed E-state index contributed by atoms with van der Waals surface area (Å²) in [6.07, 6.45) is -4.41. The van der Waals surface area contributed by atoms with Crippen molar-refractivity contribution < 1.29 is 22.7 Å². The van der Waals surface area contributed by atoms with Gasteiger partial charge in [0.1, 0.15) is 0 Å². The Morgan fingerprint density at radius 1 is 1.00 bits per heavy atom. The van der Waals surface area contributed by atoms with Crippen LogP contribution < -0.4 is 10.1 Å². The normalized spacial score (nSPS) is 11.3. The summed E-state index contributed by atoms with van der Waals surface area (Å²) in [5, 5.41) is 2.82. The second-order valence-electron chi connectivity index (χ2n) is 6.85. The van der Waals surface area contributed by atoms with E-state index < -0.39 is 11.7 Å². The maximum absolute atomic E-state index is 12.7. The molecule has 30 heavy (non-hydrogen) atoms. The maximum Gasteiger partial charge on any atom is 0.416 e. The van der Waals surface area contributed by atoms with Crippen LogP contribution in [0.5, 0.6) is 5.88 Å². The Kier molecular flexibility index (Phi) is 6.05. The third-order valence-electron chi connectivity index (χ3n) is 4.40. The van der Waals surface area contributed by atoms with E-state index in [4.69, 9.17) is 4.74 Å². The van der Waals surface area contributed by atoms with Crippen LogP contribution in [0, 0.1) is 20.8 Å². The maximum atomic E-state index is 12.7. The van der Waals surface area contributed by atoms with Crippen molar-refractivity contribution in [2.24, 2.45) is 0 Å². The van der Waals surface area contributed by atoms with Gasteiger partial charge in [-0.1, -0.05) is 30.3 Å². The molecule has 0 aliphatic heterocycles. The number of hydrogen-bond acceptors (Lipinski definition) is 4. The smallest absolute Gasteiger partial charge is 0.416 e. The Balaban J connectivity index is 1.72. The van der Waals surface area contributed by atoms with Crippen molar-refractivity contribution in [3.8, 4) is 17.3 Å². The van der Waals surface area contributed by atoms with Gasteiger partial charge in [0.05, 0.1) is 5.56 Å². The molecule has 0 saturated carbocycles. The lowest BCUT2D eigenvalue weighted by atomic mass is 10.1. The van der Waals surface area contributed by atoms with Crippen molar-refractivity contribution >= 4 is 11.6 Å². The minimum Gasteiger partial charge on any atom is -0.467 e. The molecule has 0 spiro atoms. The van der Waals surface area contributed by atoms with Crippen LogP contribution in [0.4, 0.5) is 18.9 Å². The van der Waals surface area contributed by atoms with Gasteiger partial charge in [-0.05, 0) is 44.0 Å². The zero-order valence-electron chi connectivity index (χ0n) is 16.7. The topological polar surface area (TPSA) is 64.1 Å². The average molecular weight is 415 g/mol. The zero-order valence-corrected chi connectivity index (χ0v) is 16.7. The number of hydrogen-bond donors (Lipinski definition) is 1. The van der Waals surface area contributed by atoms with Crippen molar-refractivity contribution in [3.05, 3.63) is 70.9 Å². The summed E-state index contributed by atoms with van der Waals surface area (Å²) in [5.41, 5.74) is 2.83. The summed E-state index contributed by atoms with van der Waals surface area (Å²) in [6.45, 7) is 5.23. The molecule has 8 heteroatoms. The SMILES string of the molecule is Cc1cc(OCC(=O)Nc2c(C)cccc2C)nc(-c2ccc(C(F)(F)F)cc2)n1. The summed E-state index contributed by atoms with van der Waals surface area (Å²) in [7, 11) is 0. The van der Waals surface area contributed by atoms with Crippen molar-refractivity contribution in [1.82, 2.24) is 9.97 Å². The molecule has 1 aromatic heterocycles. The quantitative estimate of drug-likeness (QED) is 0.629. The van der Waals surface area contributed by atoms with Crippen LogP contribution in [0.15, 0.2) is 48.5 Å². The Bertz CT molecular complexity index is 1040. The number of anilines is 1. The van der Waals surface area contributed by atoms with Gasteiger partial charge in [0.15, 0.2) is 12.4 Å². The molecular weight excluding hydrogens is 395 g/mol. The van der Waals surface area contributed by atoms with E-state index >= 15 is 0 Å². The number of ether oxygens (including phenoxy) is 1. The zero-order chi connectivity index (χ0) is 21.9. The number of halogens is 3. The summed E-state index contributed by atoms with van der Waals surface area (Å²) in [6, 6.07) is 11.8. The Hall–Kier alpha value is -3.42. The third-order valence-corrected chi connectivity index (χ3v) is 4.40. The average Bonchev–Trinajstić information content (AvgIpc) is 2.68. The Morgan fingerprint density at radius 2 is 1.63 bits per heavy atom. The predicted octanol–water partition coefficient (Wildman–Crippen LogP) is 5.11. The van der Waals surface area contributed by atoms with E-state index in [1.807, 2.05) is 32.0 Å². The van der Waals surface area contributed by atoms with E-state index in [0.717, 1.165) is 28.9 Å². The summed E-state index contributed by atoms with van der Waals surface area (Å²) in [4.78, 5) is 20.7. The minimum atomic E-state index is -4.41. The van der Waals surface area contributed by atoms with Crippen LogP contribution in [0.1, 0.15) is 22.4 Å². The van der Waals surface area contributed by atoms with Crippen LogP contribution in [0.25, 0.3) is 11.4 Å². The summed E-state index contributed by atoms with van der Waals surface area (Å²) < 4.78 is 43.7. The molecule has 1 amide bonds. The number of aromatic nitrogens is 2. The van der Waals surface area contributed by atoms with Gasteiger partial charge < -0.3 is 10.1 Å². The molecule has 0 atom stereocenters. The van der Waals surface area contributed by atoms with Crippen LogP contribution in [0.3, 0.4) is 0 Å². The van der Waals surface area contributed by atoms with E-state index in [1.54, 1.807) is 13.0 Å². The molecule has 5 nitrogen and oxygen atoms in total. The van der Waals surface area contributed by atoms with Gasteiger partial charge in [0.2, 0.25) is 5.88 Å². The van der Waals surface area contributed by atoms with Gasteiger partial charge in [-0.15, -0.1) is 0 Å². The molecule has 0 bridgehead atoms. The Labute approximate surface area is 171 Å². The minimum absolute atomic E-state index is 0.161. The lowest BCUT2D eigenvalue weighted by molar-refractivity contribution is -0.137. The lowest BCUT2D eigenvalue weighted by Gasteiger charge is -2.12. The molecule has 1 N–H and O–H groups in total. The van der Waals surface area contributed by atoms with Gasteiger partial charge >= 0.3 is 6.18 Å². The fraction of sp³-hybridized carbons (Fsp3) is 0.227. The highest BCUT2D eigenvalue weighted by atomic mass is 19.4. The van der Waals surface area contributed by atoms with Crippen molar-refractivity contribution in [1.29, 1.82) is 0 Å². The first kappa shape index (κ1) is 21.3. The van der Waals surface area contributed by atoms with Crippen molar-refractivity contribution in [2.45, 2.75) is 26.9 Å². The summed E-state index contributed by atoms with van der Waals surface area (Å²) in [5.74, 6) is 0.0303. The van der Waals surface area contributed by atoms with Gasteiger partial charge in [0.25, 0.3) is 5.91 Å². The molecule has 1 heterocycles.